The zero-order valence-electron chi connectivity index (χ0n) is 14.0. The molecule has 1 unspecified atom stereocenters. The molecule has 27 heavy (non-hydrogen) atoms. The molecule has 2 aromatic carbocycles. The number of benzene rings is 2. The maximum Gasteiger partial charge on any atom is 0.288 e. The van der Waals surface area contributed by atoms with E-state index in [2.05, 4.69) is 5.32 Å². The van der Waals surface area contributed by atoms with Crippen molar-refractivity contribution in [3.05, 3.63) is 92.9 Å². The van der Waals surface area contributed by atoms with Gasteiger partial charge in [-0.15, -0.1) is 0 Å². The number of fused-ring (bicyclic) bond motifs is 1. The predicted octanol–water partition coefficient (Wildman–Crippen LogP) is 4.61. The summed E-state index contributed by atoms with van der Waals surface area (Å²) >= 11 is 5.93. The van der Waals surface area contributed by atoms with Crippen LogP contribution < -0.4 is 5.32 Å². The third-order valence-corrected chi connectivity index (χ3v) is 4.73. The fourth-order valence-corrected chi connectivity index (χ4v) is 3.32. The zero-order valence-corrected chi connectivity index (χ0v) is 14.7. The number of carbonyl (C=O) groups is 1. The normalized spacial score (nSPS) is 16.0. The molecule has 1 aromatic heterocycles. The van der Waals surface area contributed by atoms with Gasteiger partial charge in [0, 0.05) is 17.3 Å². The van der Waals surface area contributed by atoms with E-state index in [0.717, 1.165) is 0 Å². The standard InChI is InChI=1S/C19H14ClN3O4/c20-15-8-7-12(10-17(15)23(25)26)18-21-16-6-2-1-5-14(16)19(24)22(18)11-13-4-3-9-27-13/h1-10,18,21H,11H2. The maximum absolute atomic E-state index is 13.1. The van der Waals surface area contributed by atoms with E-state index in [4.69, 9.17) is 16.0 Å². The van der Waals surface area contributed by atoms with E-state index in [9.17, 15) is 14.9 Å². The van der Waals surface area contributed by atoms with Gasteiger partial charge in [-0.25, -0.2) is 0 Å². The van der Waals surface area contributed by atoms with E-state index >= 15 is 0 Å². The lowest BCUT2D eigenvalue weighted by atomic mass is 10.0. The number of hydrogen-bond acceptors (Lipinski definition) is 5. The second-order valence-electron chi connectivity index (χ2n) is 6.07. The Morgan fingerprint density at radius 1 is 1.19 bits per heavy atom. The average molecular weight is 384 g/mol. The largest absolute Gasteiger partial charge is 0.467 e. The lowest BCUT2D eigenvalue weighted by molar-refractivity contribution is -0.384. The summed E-state index contributed by atoms with van der Waals surface area (Å²) in [6, 6.07) is 15.2. The molecule has 8 heteroatoms. The Labute approximate surface area is 159 Å². The number of hydrogen-bond donors (Lipinski definition) is 1. The molecule has 0 bridgehead atoms. The summed E-state index contributed by atoms with van der Waals surface area (Å²) < 4.78 is 5.39. The van der Waals surface area contributed by atoms with Crippen LogP contribution in [0.25, 0.3) is 0 Å². The van der Waals surface area contributed by atoms with Gasteiger partial charge in [-0.1, -0.05) is 29.8 Å². The van der Waals surface area contributed by atoms with Gasteiger partial charge < -0.3 is 14.6 Å². The van der Waals surface area contributed by atoms with Crippen molar-refractivity contribution in [3.8, 4) is 0 Å². The van der Waals surface area contributed by atoms with Crippen LogP contribution in [0.1, 0.15) is 27.8 Å². The number of nitro benzene ring substituents is 1. The minimum absolute atomic E-state index is 0.0453. The molecular weight excluding hydrogens is 370 g/mol. The molecule has 0 radical (unpaired) electrons. The van der Waals surface area contributed by atoms with Gasteiger partial charge in [0.15, 0.2) is 0 Å². The van der Waals surface area contributed by atoms with E-state index in [1.807, 2.05) is 6.07 Å². The van der Waals surface area contributed by atoms with Crippen LogP contribution >= 0.6 is 11.6 Å². The first-order valence-electron chi connectivity index (χ1n) is 8.17. The SMILES string of the molecule is O=C1c2ccccc2NC(c2ccc(Cl)c([N+](=O)[O-])c2)N1Cc1ccco1. The van der Waals surface area contributed by atoms with Gasteiger partial charge in [0.05, 0.1) is 23.3 Å². The fourth-order valence-electron chi connectivity index (χ4n) is 3.13. The van der Waals surface area contributed by atoms with Gasteiger partial charge in [0.2, 0.25) is 0 Å². The predicted molar refractivity (Wildman–Crippen MR) is 99.5 cm³/mol. The topological polar surface area (TPSA) is 88.6 Å². The first-order chi connectivity index (χ1) is 13.0. The second kappa shape index (κ2) is 6.77. The van der Waals surface area contributed by atoms with Crippen molar-refractivity contribution >= 4 is 28.9 Å². The monoisotopic (exact) mass is 383 g/mol. The average Bonchev–Trinajstić information content (AvgIpc) is 3.17. The minimum Gasteiger partial charge on any atom is -0.467 e. The molecule has 0 spiro atoms. The lowest BCUT2D eigenvalue weighted by Gasteiger charge is -2.37. The summed E-state index contributed by atoms with van der Waals surface area (Å²) in [5.41, 5.74) is 1.55. The number of nitrogens with one attached hydrogen (secondary N) is 1. The highest BCUT2D eigenvalue weighted by molar-refractivity contribution is 6.32. The highest BCUT2D eigenvalue weighted by Gasteiger charge is 2.34. The molecule has 1 aliphatic rings. The summed E-state index contributed by atoms with van der Waals surface area (Å²) in [6.45, 7) is 0.217. The minimum atomic E-state index is -0.603. The van der Waals surface area contributed by atoms with Crippen LogP contribution in [0.5, 0.6) is 0 Å². The Morgan fingerprint density at radius 2 is 2.00 bits per heavy atom. The Kier molecular flexibility index (Phi) is 4.29. The molecule has 1 atom stereocenters. The number of amides is 1. The van der Waals surface area contributed by atoms with E-state index in [1.165, 1.54) is 18.4 Å². The van der Waals surface area contributed by atoms with Gasteiger partial charge in [0.25, 0.3) is 11.6 Å². The Bertz CT molecular complexity index is 1020. The number of nitro groups is 1. The van der Waals surface area contributed by atoms with Crippen molar-refractivity contribution in [2.75, 3.05) is 5.32 Å². The number of nitrogens with zero attached hydrogens (tertiary/aromatic N) is 2. The van der Waals surface area contributed by atoms with Gasteiger partial charge in [-0.2, -0.15) is 0 Å². The van der Waals surface area contributed by atoms with Crippen molar-refractivity contribution in [2.45, 2.75) is 12.7 Å². The lowest BCUT2D eigenvalue weighted by Crippen LogP contribution is -2.42. The van der Waals surface area contributed by atoms with Crippen LogP contribution in [0, 0.1) is 10.1 Å². The Morgan fingerprint density at radius 3 is 2.74 bits per heavy atom. The number of furan rings is 1. The highest BCUT2D eigenvalue weighted by atomic mass is 35.5. The van der Waals surface area contributed by atoms with Crippen molar-refractivity contribution in [3.63, 3.8) is 0 Å². The van der Waals surface area contributed by atoms with Crippen molar-refractivity contribution in [1.29, 1.82) is 0 Å². The molecule has 1 aliphatic heterocycles. The van der Waals surface area contributed by atoms with Crippen LogP contribution in [-0.2, 0) is 6.54 Å². The number of halogens is 1. The molecule has 1 amide bonds. The number of para-hydroxylation sites is 1. The summed E-state index contributed by atoms with van der Waals surface area (Å²) in [4.78, 5) is 25.4. The van der Waals surface area contributed by atoms with Gasteiger partial charge in [-0.3, -0.25) is 14.9 Å². The summed E-state index contributed by atoms with van der Waals surface area (Å²) in [5, 5.41) is 14.6. The number of rotatable bonds is 4. The van der Waals surface area contributed by atoms with Crippen molar-refractivity contribution in [1.82, 2.24) is 4.90 Å². The zero-order chi connectivity index (χ0) is 19.0. The summed E-state index contributed by atoms with van der Waals surface area (Å²) in [7, 11) is 0. The summed E-state index contributed by atoms with van der Waals surface area (Å²) in [5.74, 6) is 0.418. The molecule has 4 rings (SSSR count). The maximum atomic E-state index is 13.1. The first-order valence-corrected chi connectivity index (χ1v) is 8.55. The quantitative estimate of drug-likeness (QED) is 0.525. The molecule has 2 heterocycles. The molecule has 7 nitrogen and oxygen atoms in total. The van der Waals surface area contributed by atoms with Crippen LogP contribution in [0.4, 0.5) is 11.4 Å². The number of carbonyl (C=O) groups excluding carboxylic acids is 1. The first kappa shape index (κ1) is 17.1. The van der Waals surface area contributed by atoms with E-state index in [0.29, 0.717) is 22.6 Å². The van der Waals surface area contributed by atoms with Crippen molar-refractivity contribution < 1.29 is 14.1 Å². The third kappa shape index (κ3) is 3.13. The molecule has 136 valence electrons. The van der Waals surface area contributed by atoms with Crippen molar-refractivity contribution in [2.24, 2.45) is 0 Å². The van der Waals surface area contributed by atoms with Gasteiger partial charge in [0.1, 0.15) is 16.9 Å². The number of anilines is 1. The smallest absolute Gasteiger partial charge is 0.288 e. The molecule has 1 N–H and O–H groups in total. The van der Waals surface area contributed by atoms with Crippen LogP contribution in [0.3, 0.4) is 0 Å². The molecule has 0 fully saturated rings. The highest BCUT2D eigenvalue weighted by Crippen LogP contribution is 2.36. The summed E-state index contributed by atoms with van der Waals surface area (Å²) in [6.07, 6.45) is 0.932. The van der Waals surface area contributed by atoms with E-state index < -0.39 is 11.1 Å². The van der Waals surface area contributed by atoms with E-state index in [-0.39, 0.29) is 23.2 Å². The van der Waals surface area contributed by atoms with Crippen LogP contribution in [-0.4, -0.2) is 15.7 Å². The molecule has 0 saturated carbocycles. The molecule has 0 saturated heterocycles. The van der Waals surface area contributed by atoms with Crippen LogP contribution in [0.15, 0.2) is 65.3 Å². The van der Waals surface area contributed by atoms with Gasteiger partial charge >= 0.3 is 0 Å². The molecule has 0 aliphatic carbocycles. The third-order valence-electron chi connectivity index (χ3n) is 4.41. The Hall–Kier alpha value is -3.32. The molecular formula is C19H14ClN3O4. The van der Waals surface area contributed by atoms with Crippen LogP contribution in [0.2, 0.25) is 5.02 Å². The molecule has 3 aromatic rings. The fraction of sp³-hybridized carbons (Fsp3) is 0.105. The Balaban J connectivity index is 1.79. The van der Waals surface area contributed by atoms with Gasteiger partial charge in [-0.05, 0) is 30.3 Å². The van der Waals surface area contributed by atoms with E-state index in [1.54, 1.807) is 41.3 Å². The second-order valence-corrected chi connectivity index (χ2v) is 6.48.